The molecule has 0 saturated heterocycles. The van der Waals surface area contributed by atoms with Crippen LogP contribution < -0.4 is 5.32 Å². The highest BCUT2D eigenvalue weighted by atomic mass is 16.4. The van der Waals surface area contributed by atoms with Crippen LogP contribution in [0.15, 0.2) is 24.7 Å². The predicted octanol–water partition coefficient (Wildman–Crippen LogP) is 2.42. The number of hydrogen-bond donors (Lipinski definition) is 2. The summed E-state index contributed by atoms with van der Waals surface area (Å²) in [6, 6.07) is 2.15. The Hall–Kier alpha value is -2.11. The zero-order chi connectivity index (χ0) is 14.5. The molecule has 2 rings (SSSR count). The molecule has 6 heteroatoms. The van der Waals surface area contributed by atoms with E-state index in [1.54, 1.807) is 30.0 Å². The molecule has 0 aliphatic carbocycles. The average molecular weight is 276 g/mol. The summed E-state index contributed by atoms with van der Waals surface area (Å²) in [5.41, 5.74) is 0.943. The number of fused-ring (bicyclic) bond motifs is 1. The van der Waals surface area contributed by atoms with Crippen LogP contribution in [0, 0.1) is 5.92 Å². The van der Waals surface area contributed by atoms with Crippen LogP contribution in [0.3, 0.4) is 0 Å². The number of carbonyl (C=O) groups is 1. The summed E-state index contributed by atoms with van der Waals surface area (Å²) in [6.45, 7) is 3.82. The molecule has 2 atom stereocenters. The Kier molecular flexibility index (Phi) is 4.55. The molecular weight excluding hydrogens is 256 g/mol. The van der Waals surface area contributed by atoms with Gasteiger partial charge in [-0.2, -0.15) is 5.10 Å². The quantitative estimate of drug-likeness (QED) is 0.812. The van der Waals surface area contributed by atoms with Crippen molar-refractivity contribution in [3.05, 3.63) is 24.7 Å². The third-order valence-corrected chi connectivity index (χ3v) is 3.40. The Morgan fingerprint density at radius 3 is 2.95 bits per heavy atom. The van der Waals surface area contributed by atoms with Gasteiger partial charge in [0.1, 0.15) is 5.52 Å². The monoisotopic (exact) mass is 276 g/mol. The van der Waals surface area contributed by atoms with E-state index >= 15 is 0 Å². The molecule has 2 aromatic heterocycles. The van der Waals surface area contributed by atoms with Crippen molar-refractivity contribution < 1.29 is 9.90 Å². The first kappa shape index (κ1) is 14.3. The lowest BCUT2D eigenvalue weighted by Crippen LogP contribution is -2.17. The first-order chi connectivity index (χ1) is 9.58. The van der Waals surface area contributed by atoms with E-state index < -0.39 is 5.97 Å². The Bertz CT molecular complexity index is 581. The third kappa shape index (κ3) is 3.46. The molecule has 108 valence electrons. The molecule has 0 saturated carbocycles. The number of carboxylic acids is 1. The number of nitrogens with one attached hydrogen (secondary N) is 1. The Morgan fingerprint density at radius 2 is 2.20 bits per heavy atom. The minimum absolute atomic E-state index is 0.240. The molecule has 2 aromatic rings. The maximum absolute atomic E-state index is 10.7. The summed E-state index contributed by atoms with van der Waals surface area (Å²) in [4.78, 5) is 15.1. The van der Waals surface area contributed by atoms with Crippen LogP contribution in [0.25, 0.3) is 5.52 Å². The molecule has 20 heavy (non-hydrogen) atoms. The van der Waals surface area contributed by atoms with Crippen molar-refractivity contribution in [1.29, 1.82) is 0 Å². The lowest BCUT2D eigenvalue weighted by molar-refractivity contribution is -0.141. The van der Waals surface area contributed by atoms with E-state index in [0.717, 1.165) is 24.2 Å². The molecule has 6 nitrogen and oxygen atoms in total. The van der Waals surface area contributed by atoms with E-state index in [2.05, 4.69) is 22.3 Å². The van der Waals surface area contributed by atoms with E-state index in [1.807, 2.05) is 6.07 Å². The van der Waals surface area contributed by atoms with Crippen LogP contribution in [0.4, 0.5) is 5.82 Å². The Balaban J connectivity index is 1.87. The van der Waals surface area contributed by atoms with Crippen LogP contribution in [-0.2, 0) is 4.79 Å². The Labute approximate surface area is 117 Å². The molecule has 0 aliphatic rings. The van der Waals surface area contributed by atoms with Crippen LogP contribution in [0.1, 0.15) is 33.1 Å². The van der Waals surface area contributed by atoms with Crippen molar-refractivity contribution >= 4 is 17.3 Å². The number of rotatable bonds is 7. The van der Waals surface area contributed by atoms with Gasteiger partial charge in [-0.3, -0.25) is 4.79 Å². The SMILES string of the molecule is CC(CCCC(C)C(=O)O)Nc1nccn2nccc12. The molecule has 0 aliphatic heterocycles. The molecule has 0 bridgehead atoms. The molecule has 0 radical (unpaired) electrons. The van der Waals surface area contributed by atoms with Crippen LogP contribution in [0.5, 0.6) is 0 Å². The van der Waals surface area contributed by atoms with Crippen LogP contribution >= 0.6 is 0 Å². The molecule has 2 N–H and O–H groups in total. The van der Waals surface area contributed by atoms with E-state index in [4.69, 9.17) is 5.11 Å². The van der Waals surface area contributed by atoms with Crippen molar-refractivity contribution in [3.63, 3.8) is 0 Å². The van der Waals surface area contributed by atoms with Crippen molar-refractivity contribution in [2.75, 3.05) is 5.32 Å². The molecule has 0 amide bonds. The topological polar surface area (TPSA) is 79.5 Å². The number of aliphatic carboxylic acids is 1. The van der Waals surface area contributed by atoms with Gasteiger partial charge in [-0.15, -0.1) is 0 Å². The fourth-order valence-corrected chi connectivity index (χ4v) is 2.13. The van der Waals surface area contributed by atoms with E-state index in [9.17, 15) is 4.79 Å². The smallest absolute Gasteiger partial charge is 0.306 e. The van der Waals surface area contributed by atoms with Gasteiger partial charge in [0.15, 0.2) is 5.82 Å². The summed E-state index contributed by atoms with van der Waals surface area (Å²) >= 11 is 0. The van der Waals surface area contributed by atoms with E-state index in [1.165, 1.54) is 0 Å². The maximum Gasteiger partial charge on any atom is 0.306 e. The second-order valence-corrected chi connectivity index (χ2v) is 5.15. The molecular formula is C14H20N4O2. The zero-order valence-corrected chi connectivity index (χ0v) is 11.8. The van der Waals surface area contributed by atoms with Gasteiger partial charge in [-0.25, -0.2) is 9.50 Å². The van der Waals surface area contributed by atoms with Gasteiger partial charge in [-0.1, -0.05) is 13.3 Å². The first-order valence-corrected chi connectivity index (χ1v) is 6.85. The van der Waals surface area contributed by atoms with Gasteiger partial charge in [0.25, 0.3) is 0 Å². The number of carboxylic acid groups (broad SMARTS) is 1. The normalized spacial score (nSPS) is 14.1. The first-order valence-electron chi connectivity index (χ1n) is 6.85. The fraction of sp³-hybridized carbons (Fsp3) is 0.500. The van der Waals surface area contributed by atoms with Crippen molar-refractivity contribution in [2.45, 2.75) is 39.2 Å². The number of aromatic nitrogens is 3. The van der Waals surface area contributed by atoms with Gasteiger partial charge in [-0.05, 0) is 25.8 Å². The number of hydrogen-bond acceptors (Lipinski definition) is 4. The molecule has 0 spiro atoms. The summed E-state index contributed by atoms with van der Waals surface area (Å²) < 4.78 is 1.77. The maximum atomic E-state index is 10.7. The van der Waals surface area contributed by atoms with Crippen molar-refractivity contribution in [2.24, 2.45) is 5.92 Å². The third-order valence-electron chi connectivity index (χ3n) is 3.40. The van der Waals surface area contributed by atoms with Gasteiger partial charge in [0.05, 0.1) is 12.1 Å². The number of anilines is 1. The highest BCUT2D eigenvalue weighted by Crippen LogP contribution is 2.16. The lowest BCUT2D eigenvalue weighted by atomic mass is 10.0. The lowest BCUT2D eigenvalue weighted by Gasteiger charge is -2.15. The summed E-state index contributed by atoms with van der Waals surface area (Å²) in [5, 5.41) is 16.4. The second-order valence-electron chi connectivity index (χ2n) is 5.15. The predicted molar refractivity (Wildman–Crippen MR) is 76.7 cm³/mol. The standard InChI is InChI=1S/C14H20N4O2/c1-10(14(19)20)4-3-5-11(2)17-13-12-6-7-16-18(12)9-8-15-13/h6-11H,3-5H2,1-2H3,(H,15,17)(H,19,20). The highest BCUT2D eigenvalue weighted by Gasteiger charge is 2.12. The minimum Gasteiger partial charge on any atom is -0.481 e. The van der Waals surface area contributed by atoms with Gasteiger partial charge < -0.3 is 10.4 Å². The zero-order valence-electron chi connectivity index (χ0n) is 11.8. The van der Waals surface area contributed by atoms with Crippen LogP contribution in [0.2, 0.25) is 0 Å². The van der Waals surface area contributed by atoms with Crippen molar-refractivity contribution in [1.82, 2.24) is 14.6 Å². The Morgan fingerprint density at radius 1 is 1.40 bits per heavy atom. The molecule has 2 heterocycles. The summed E-state index contributed by atoms with van der Waals surface area (Å²) in [5.74, 6) is -0.196. The molecule has 2 unspecified atom stereocenters. The van der Waals surface area contributed by atoms with Gasteiger partial charge in [0.2, 0.25) is 0 Å². The molecule has 0 fully saturated rings. The van der Waals surface area contributed by atoms with E-state index in [-0.39, 0.29) is 12.0 Å². The summed E-state index contributed by atoms with van der Waals surface area (Å²) in [7, 11) is 0. The summed E-state index contributed by atoms with van der Waals surface area (Å²) in [6.07, 6.45) is 7.74. The second kappa shape index (κ2) is 6.36. The van der Waals surface area contributed by atoms with E-state index in [0.29, 0.717) is 6.42 Å². The average Bonchev–Trinajstić information content (AvgIpc) is 2.87. The van der Waals surface area contributed by atoms with Gasteiger partial charge in [0, 0.05) is 18.4 Å². The van der Waals surface area contributed by atoms with Gasteiger partial charge >= 0.3 is 5.97 Å². The molecule has 0 aromatic carbocycles. The fourth-order valence-electron chi connectivity index (χ4n) is 2.13. The van der Waals surface area contributed by atoms with Crippen LogP contribution in [-0.4, -0.2) is 31.7 Å². The highest BCUT2D eigenvalue weighted by molar-refractivity contribution is 5.69. The minimum atomic E-state index is -0.726. The number of nitrogens with zero attached hydrogens (tertiary/aromatic N) is 3. The largest absolute Gasteiger partial charge is 0.481 e. The van der Waals surface area contributed by atoms with Crippen molar-refractivity contribution in [3.8, 4) is 0 Å².